The molecule has 0 aliphatic carbocycles. The molecule has 4 rings (SSSR count). The number of carbonyl (C=O) groups is 2. The molecule has 2 amide bonds. The molecule has 0 bridgehead atoms. The number of benzene rings is 1. The molecule has 1 atom stereocenters. The number of aryl methyl sites for hydroxylation is 1. The van der Waals surface area contributed by atoms with Crippen LogP contribution in [0.15, 0.2) is 51.9 Å². The van der Waals surface area contributed by atoms with Crippen molar-refractivity contribution in [1.29, 1.82) is 0 Å². The van der Waals surface area contributed by atoms with Crippen LogP contribution in [0.5, 0.6) is 0 Å². The van der Waals surface area contributed by atoms with Crippen molar-refractivity contribution >= 4 is 28.6 Å². The molecule has 9 nitrogen and oxygen atoms in total. The summed E-state index contributed by atoms with van der Waals surface area (Å²) in [6, 6.07) is 7.94. The van der Waals surface area contributed by atoms with Crippen LogP contribution in [-0.4, -0.2) is 52.1 Å². The van der Waals surface area contributed by atoms with Gasteiger partial charge in [0.05, 0.1) is 36.7 Å². The molecule has 2 aromatic heterocycles. The molecule has 1 saturated heterocycles. The van der Waals surface area contributed by atoms with Gasteiger partial charge in [-0.2, -0.15) is 0 Å². The number of morpholine rings is 1. The van der Waals surface area contributed by atoms with Crippen molar-refractivity contribution in [1.82, 2.24) is 14.5 Å². The number of anilines is 1. The fraction of sp³-hybridized carbons (Fsp3) is 0.300. The van der Waals surface area contributed by atoms with Crippen LogP contribution >= 0.6 is 0 Å². The molecule has 1 aromatic carbocycles. The maximum atomic E-state index is 13.1. The summed E-state index contributed by atoms with van der Waals surface area (Å²) in [5.41, 5.74) is 1.98. The number of fused-ring (bicyclic) bond motifs is 1. The van der Waals surface area contributed by atoms with Crippen LogP contribution < -0.4 is 11.1 Å². The van der Waals surface area contributed by atoms with Gasteiger partial charge >= 0.3 is 5.76 Å². The predicted molar refractivity (Wildman–Crippen MR) is 105 cm³/mol. The van der Waals surface area contributed by atoms with E-state index in [2.05, 4.69) is 10.3 Å². The SMILES string of the molecule is Cn1c(=O)oc2ccc(C(=O)N3CCOC[C@H]3CC(=O)Nc3cccnc3)cc21. The van der Waals surface area contributed by atoms with Crippen molar-refractivity contribution in [3.05, 3.63) is 58.8 Å². The standard InChI is InChI=1S/C20H20N4O5/c1-23-16-9-13(4-5-17(16)29-20(23)27)19(26)24-7-8-28-12-15(24)10-18(25)22-14-3-2-6-21-11-14/h2-6,9,11,15H,7-8,10,12H2,1H3,(H,22,25)/t15-/m1/s1. The van der Waals surface area contributed by atoms with E-state index in [-0.39, 0.29) is 24.8 Å². The average Bonchev–Trinajstić information content (AvgIpc) is 3.02. The summed E-state index contributed by atoms with van der Waals surface area (Å²) >= 11 is 0. The molecule has 29 heavy (non-hydrogen) atoms. The highest BCUT2D eigenvalue weighted by molar-refractivity contribution is 5.98. The lowest BCUT2D eigenvalue weighted by Gasteiger charge is -2.35. The van der Waals surface area contributed by atoms with Crippen molar-refractivity contribution in [3.8, 4) is 0 Å². The van der Waals surface area contributed by atoms with E-state index < -0.39 is 11.8 Å². The van der Waals surface area contributed by atoms with Gasteiger partial charge in [-0.15, -0.1) is 0 Å². The third-order valence-corrected chi connectivity index (χ3v) is 4.89. The van der Waals surface area contributed by atoms with Crippen LogP contribution in [0.25, 0.3) is 11.1 Å². The molecule has 0 radical (unpaired) electrons. The molecule has 1 aliphatic rings. The maximum Gasteiger partial charge on any atom is 0.419 e. The van der Waals surface area contributed by atoms with Gasteiger partial charge in [0.1, 0.15) is 0 Å². The van der Waals surface area contributed by atoms with Gasteiger partial charge in [-0.1, -0.05) is 0 Å². The van der Waals surface area contributed by atoms with Gasteiger partial charge in [0, 0.05) is 31.8 Å². The molecular formula is C20H20N4O5. The lowest BCUT2D eigenvalue weighted by Crippen LogP contribution is -2.50. The van der Waals surface area contributed by atoms with Gasteiger partial charge in [0.25, 0.3) is 5.91 Å². The number of oxazole rings is 1. The van der Waals surface area contributed by atoms with E-state index in [1.165, 1.54) is 4.57 Å². The summed E-state index contributed by atoms with van der Waals surface area (Å²) in [4.78, 5) is 42.8. The van der Waals surface area contributed by atoms with E-state index in [9.17, 15) is 14.4 Å². The number of ether oxygens (including phenoxy) is 1. The number of amides is 2. The van der Waals surface area contributed by atoms with E-state index in [4.69, 9.17) is 9.15 Å². The average molecular weight is 396 g/mol. The number of hydrogen-bond donors (Lipinski definition) is 1. The number of nitrogens with one attached hydrogen (secondary N) is 1. The molecule has 0 saturated carbocycles. The summed E-state index contributed by atoms with van der Waals surface area (Å²) in [6.45, 7) is 1.06. The lowest BCUT2D eigenvalue weighted by atomic mass is 10.1. The van der Waals surface area contributed by atoms with Crippen molar-refractivity contribution in [2.75, 3.05) is 25.1 Å². The highest BCUT2D eigenvalue weighted by atomic mass is 16.5. The van der Waals surface area contributed by atoms with E-state index in [1.807, 2.05) is 0 Å². The van der Waals surface area contributed by atoms with E-state index in [0.717, 1.165) is 0 Å². The van der Waals surface area contributed by atoms with Crippen LogP contribution in [0.2, 0.25) is 0 Å². The largest absolute Gasteiger partial charge is 0.419 e. The number of nitrogens with zero attached hydrogens (tertiary/aromatic N) is 3. The lowest BCUT2D eigenvalue weighted by molar-refractivity contribution is -0.118. The molecule has 0 spiro atoms. The molecule has 150 valence electrons. The third-order valence-electron chi connectivity index (χ3n) is 4.89. The molecular weight excluding hydrogens is 376 g/mol. The zero-order chi connectivity index (χ0) is 20.4. The summed E-state index contributed by atoms with van der Waals surface area (Å²) in [7, 11) is 1.59. The van der Waals surface area contributed by atoms with Crippen LogP contribution in [0.4, 0.5) is 5.69 Å². The Hall–Kier alpha value is -3.46. The van der Waals surface area contributed by atoms with Gasteiger partial charge in [0.2, 0.25) is 5.91 Å². The highest BCUT2D eigenvalue weighted by Crippen LogP contribution is 2.20. The topological polar surface area (TPSA) is 107 Å². The van der Waals surface area contributed by atoms with Crippen LogP contribution in [0.1, 0.15) is 16.8 Å². The second-order valence-electron chi connectivity index (χ2n) is 6.83. The number of rotatable bonds is 4. The monoisotopic (exact) mass is 396 g/mol. The summed E-state index contributed by atoms with van der Waals surface area (Å²) in [6.07, 6.45) is 3.29. The normalized spacial score (nSPS) is 16.7. The van der Waals surface area contributed by atoms with Gasteiger partial charge in [0.15, 0.2) is 5.58 Å². The molecule has 3 aromatic rings. The van der Waals surface area contributed by atoms with Gasteiger partial charge in [-0.25, -0.2) is 4.79 Å². The Morgan fingerprint density at radius 3 is 2.97 bits per heavy atom. The number of pyridine rings is 1. The second-order valence-corrected chi connectivity index (χ2v) is 6.83. The van der Waals surface area contributed by atoms with E-state index in [0.29, 0.717) is 35.5 Å². The highest BCUT2D eigenvalue weighted by Gasteiger charge is 2.30. The van der Waals surface area contributed by atoms with Crippen LogP contribution in [0.3, 0.4) is 0 Å². The first-order chi connectivity index (χ1) is 14.0. The Balaban J connectivity index is 1.52. The molecule has 1 fully saturated rings. The summed E-state index contributed by atoms with van der Waals surface area (Å²) < 4.78 is 12.0. The van der Waals surface area contributed by atoms with Gasteiger partial charge < -0.3 is 19.4 Å². The number of aromatic nitrogens is 2. The molecule has 1 N–H and O–H groups in total. The van der Waals surface area contributed by atoms with E-state index in [1.54, 1.807) is 54.7 Å². The number of hydrogen-bond acceptors (Lipinski definition) is 6. The molecule has 9 heteroatoms. The molecule has 0 unspecified atom stereocenters. The third kappa shape index (κ3) is 3.90. The first-order valence-corrected chi connectivity index (χ1v) is 9.21. The first kappa shape index (κ1) is 18.9. The van der Waals surface area contributed by atoms with Gasteiger partial charge in [-0.05, 0) is 30.3 Å². The first-order valence-electron chi connectivity index (χ1n) is 9.21. The summed E-state index contributed by atoms with van der Waals surface area (Å²) in [5.74, 6) is -0.928. The van der Waals surface area contributed by atoms with Crippen LogP contribution in [-0.2, 0) is 16.6 Å². The maximum absolute atomic E-state index is 13.1. The quantitative estimate of drug-likeness (QED) is 0.714. The minimum Gasteiger partial charge on any atom is -0.408 e. The summed E-state index contributed by atoms with van der Waals surface area (Å²) in [5, 5.41) is 2.78. The Morgan fingerprint density at radius 1 is 1.31 bits per heavy atom. The smallest absolute Gasteiger partial charge is 0.408 e. The fourth-order valence-corrected chi connectivity index (χ4v) is 3.38. The van der Waals surface area contributed by atoms with Gasteiger partial charge in [-0.3, -0.25) is 19.1 Å². The van der Waals surface area contributed by atoms with Crippen molar-refractivity contribution in [2.45, 2.75) is 12.5 Å². The minimum atomic E-state index is -0.485. The molecule has 1 aliphatic heterocycles. The second kappa shape index (κ2) is 7.88. The zero-order valence-electron chi connectivity index (χ0n) is 15.8. The zero-order valence-corrected chi connectivity index (χ0v) is 15.8. The van der Waals surface area contributed by atoms with Crippen molar-refractivity contribution < 1.29 is 18.7 Å². The van der Waals surface area contributed by atoms with E-state index >= 15 is 0 Å². The fourth-order valence-electron chi connectivity index (χ4n) is 3.38. The van der Waals surface area contributed by atoms with Crippen molar-refractivity contribution in [2.24, 2.45) is 7.05 Å². The molecule has 3 heterocycles. The Labute approximate surface area is 165 Å². The predicted octanol–water partition coefficient (Wildman–Crippen LogP) is 1.40. The van der Waals surface area contributed by atoms with Crippen LogP contribution in [0, 0.1) is 0 Å². The number of carbonyl (C=O) groups excluding carboxylic acids is 2. The Morgan fingerprint density at radius 2 is 2.17 bits per heavy atom. The Kier molecular flexibility index (Phi) is 5.13. The minimum absolute atomic E-state index is 0.104. The Bertz CT molecular complexity index is 1110. The van der Waals surface area contributed by atoms with Crippen molar-refractivity contribution in [3.63, 3.8) is 0 Å².